The molecule has 0 atom stereocenters. The Hall–Kier alpha value is -2.60. The van der Waals surface area contributed by atoms with Gasteiger partial charge in [-0.1, -0.05) is 26.0 Å². The van der Waals surface area contributed by atoms with Gasteiger partial charge in [-0.15, -0.1) is 0 Å². The number of carbonyl (C=O) groups excluding carboxylic acids is 1. The van der Waals surface area contributed by atoms with Crippen molar-refractivity contribution in [3.63, 3.8) is 0 Å². The van der Waals surface area contributed by atoms with Gasteiger partial charge in [-0.25, -0.2) is 9.37 Å². The number of ketones is 1. The number of halogens is 1. The summed E-state index contributed by atoms with van der Waals surface area (Å²) in [5.74, 6) is 1.04. The number of fused-ring (bicyclic) bond motifs is 1. The number of hydrogen-bond acceptors (Lipinski definition) is 4. The standard InChI is InChI=1S/C23H27FN4O/c1-15(2)12-28-13-23(24,14-28)22(29)9-20-8-19-7-17(5-6-18(19)10-26-20)21-11-25-16(3)27(21)4/h5-8,10-11,15H,9,12-14H2,1-4H3. The highest BCUT2D eigenvalue weighted by molar-refractivity contribution is 5.92. The first kappa shape index (κ1) is 19.7. The highest BCUT2D eigenvalue weighted by Crippen LogP contribution is 2.29. The van der Waals surface area contributed by atoms with Gasteiger partial charge < -0.3 is 4.57 Å². The van der Waals surface area contributed by atoms with Crippen LogP contribution in [0.4, 0.5) is 4.39 Å². The maximum Gasteiger partial charge on any atom is 0.194 e. The Morgan fingerprint density at radius 1 is 1.17 bits per heavy atom. The minimum atomic E-state index is -1.74. The number of likely N-dealkylation sites (tertiary alicyclic amines) is 1. The number of nitrogens with zero attached hydrogens (tertiary/aromatic N) is 4. The lowest BCUT2D eigenvalue weighted by Gasteiger charge is -2.44. The monoisotopic (exact) mass is 394 g/mol. The smallest absolute Gasteiger partial charge is 0.194 e. The van der Waals surface area contributed by atoms with Gasteiger partial charge in [0.2, 0.25) is 0 Å². The second-order valence-electron chi connectivity index (χ2n) is 8.62. The maximum atomic E-state index is 14.9. The molecule has 0 radical (unpaired) electrons. The SMILES string of the molecule is Cc1ncc(-c2ccc3cnc(CC(=O)C4(F)CN(CC(C)C)C4)cc3c2)n1C. The summed E-state index contributed by atoms with van der Waals surface area (Å²) in [6.07, 6.45) is 3.64. The molecule has 0 amide bonds. The van der Waals surface area contributed by atoms with Crippen LogP contribution in [0.1, 0.15) is 25.4 Å². The average Bonchev–Trinajstić information content (AvgIpc) is 2.98. The van der Waals surface area contributed by atoms with E-state index in [4.69, 9.17) is 0 Å². The molecular formula is C23H27FN4O. The molecule has 1 aromatic carbocycles. The van der Waals surface area contributed by atoms with Crippen molar-refractivity contribution in [3.8, 4) is 11.3 Å². The molecule has 29 heavy (non-hydrogen) atoms. The number of Topliss-reactive ketones (excluding diaryl/α,β-unsaturated/α-hetero) is 1. The second kappa shape index (κ2) is 7.34. The summed E-state index contributed by atoms with van der Waals surface area (Å²) in [6.45, 7) is 7.38. The van der Waals surface area contributed by atoms with Gasteiger partial charge in [0.15, 0.2) is 11.5 Å². The lowest BCUT2D eigenvalue weighted by molar-refractivity contribution is -0.142. The summed E-state index contributed by atoms with van der Waals surface area (Å²) in [5, 5.41) is 1.98. The van der Waals surface area contributed by atoms with Crippen molar-refractivity contribution in [2.75, 3.05) is 19.6 Å². The topological polar surface area (TPSA) is 51.0 Å². The van der Waals surface area contributed by atoms with Gasteiger partial charge in [0, 0.05) is 49.5 Å². The highest BCUT2D eigenvalue weighted by Gasteiger charge is 2.49. The minimum absolute atomic E-state index is 0.0248. The predicted octanol–water partition coefficient (Wildman–Crippen LogP) is 3.74. The van der Waals surface area contributed by atoms with Crippen LogP contribution in [-0.2, 0) is 18.3 Å². The van der Waals surface area contributed by atoms with Crippen LogP contribution in [0.15, 0.2) is 36.7 Å². The van der Waals surface area contributed by atoms with Crippen molar-refractivity contribution in [2.24, 2.45) is 13.0 Å². The summed E-state index contributed by atoms with van der Waals surface area (Å²) in [7, 11) is 1.99. The molecule has 1 fully saturated rings. The molecule has 0 N–H and O–H groups in total. The number of pyridine rings is 1. The van der Waals surface area contributed by atoms with E-state index < -0.39 is 5.67 Å². The Balaban J connectivity index is 1.53. The molecule has 6 heteroatoms. The molecule has 0 unspecified atom stereocenters. The zero-order valence-corrected chi connectivity index (χ0v) is 17.4. The molecule has 1 saturated heterocycles. The predicted molar refractivity (Wildman–Crippen MR) is 113 cm³/mol. The van der Waals surface area contributed by atoms with E-state index >= 15 is 0 Å². The number of benzene rings is 1. The van der Waals surface area contributed by atoms with Crippen LogP contribution in [0.2, 0.25) is 0 Å². The van der Waals surface area contributed by atoms with Crippen LogP contribution in [0.25, 0.3) is 22.0 Å². The first-order valence-electron chi connectivity index (χ1n) is 10.1. The Morgan fingerprint density at radius 2 is 1.93 bits per heavy atom. The van der Waals surface area contributed by atoms with Crippen molar-refractivity contribution >= 4 is 16.6 Å². The van der Waals surface area contributed by atoms with Crippen LogP contribution in [-0.4, -0.2) is 50.5 Å². The molecule has 0 aliphatic carbocycles. The largest absolute Gasteiger partial charge is 0.331 e. The van der Waals surface area contributed by atoms with Crippen LogP contribution in [0, 0.1) is 12.8 Å². The van der Waals surface area contributed by atoms with E-state index in [0.717, 1.165) is 34.4 Å². The number of rotatable bonds is 6. The Kier molecular flexibility index (Phi) is 4.99. The van der Waals surface area contributed by atoms with Crippen LogP contribution >= 0.6 is 0 Å². The molecule has 0 bridgehead atoms. The first-order valence-corrected chi connectivity index (χ1v) is 10.1. The fourth-order valence-electron chi connectivity index (χ4n) is 4.02. The van der Waals surface area contributed by atoms with Gasteiger partial charge in [0.25, 0.3) is 0 Å². The summed E-state index contributed by atoms with van der Waals surface area (Å²) in [6, 6.07) is 8.02. The van der Waals surface area contributed by atoms with Crippen LogP contribution < -0.4 is 0 Å². The van der Waals surface area contributed by atoms with Gasteiger partial charge in [0.1, 0.15) is 5.82 Å². The fraction of sp³-hybridized carbons (Fsp3) is 0.435. The third kappa shape index (κ3) is 3.81. The first-order chi connectivity index (χ1) is 13.7. The lowest BCUT2D eigenvalue weighted by Crippen LogP contribution is -2.64. The van der Waals surface area contributed by atoms with Gasteiger partial charge in [-0.05, 0) is 30.4 Å². The van der Waals surface area contributed by atoms with Gasteiger partial charge in [-0.3, -0.25) is 14.7 Å². The fourth-order valence-corrected chi connectivity index (χ4v) is 4.02. The molecule has 152 valence electrons. The summed E-state index contributed by atoms with van der Waals surface area (Å²) >= 11 is 0. The summed E-state index contributed by atoms with van der Waals surface area (Å²) < 4.78 is 16.9. The van der Waals surface area contributed by atoms with Crippen molar-refractivity contribution in [1.29, 1.82) is 0 Å². The molecule has 1 aliphatic rings. The molecular weight excluding hydrogens is 367 g/mol. The maximum absolute atomic E-state index is 14.9. The second-order valence-corrected chi connectivity index (χ2v) is 8.62. The molecule has 1 aliphatic heterocycles. The highest BCUT2D eigenvalue weighted by atomic mass is 19.1. The number of aromatic nitrogens is 3. The van der Waals surface area contributed by atoms with Gasteiger partial charge >= 0.3 is 0 Å². The molecule has 3 aromatic rings. The van der Waals surface area contributed by atoms with Crippen molar-refractivity contribution in [3.05, 3.63) is 48.2 Å². The van der Waals surface area contributed by atoms with E-state index in [-0.39, 0.29) is 25.3 Å². The third-order valence-electron chi connectivity index (χ3n) is 5.71. The van der Waals surface area contributed by atoms with Crippen molar-refractivity contribution in [2.45, 2.75) is 32.9 Å². The van der Waals surface area contributed by atoms with E-state index in [1.165, 1.54) is 0 Å². The van der Waals surface area contributed by atoms with Crippen molar-refractivity contribution in [1.82, 2.24) is 19.4 Å². The summed E-state index contributed by atoms with van der Waals surface area (Å²) in [4.78, 5) is 23.3. The number of aryl methyl sites for hydroxylation is 1. The normalized spacial score (nSPS) is 16.3. The van der Waals surface area contributed by atoms with E-state index in [1.54, 1.807) is 6.20 Å². The number of carbonyl (C=O) groups is 1. The number of imidazole rings is 1. The van der Waals surface area contributed by atoms with Gasteiger partial charge in [0.05, 0.1) is 18.3 Å². The minimum Gasteiger partial charge on any atom is -0.331 e. The summed E-state index contributed by atoms with van der Waals surface area (Å²) in [5.41, 5.74) is 0.954. The third-order valence-corrected chi connectivity index (χ3v) is 5.71. The molecule has 3 heterocycles. The Morgan fingerprint density at radius 3 is 2.59 bits per heavy atom. The molecule has 0 spiro atoms. The number of hydrogen-bond donors (Lipinski definition) is 0. The van der Waals surface area contributed by atoms with Crippen LogP contribution in [0.5, 0.6) is 0 Å². The number of alkyl halides is 1. The Labute approximate surface area is 170 Å². The van der Waals surface area contributed by atoms with E-state index in [9.17, 15) is 9.18 Å². The molecule has 2 aromatic heterocycles. The zero-order chi connectivity index (χ0) is 20.8. The Bertz CT molecular complexity index is 1070. The van der Waals surface area contributed by atoms with Crippen molar-refractivity contribution < 1.29 is 9.18 Å². The quantitative estimate of drug-likeness (QED) is 0.639. The molecule has 5 nitrogen and oxygen atoms in total. The van der Waals surface area contributed by atoms with E-state index in [0.29, 0.717) is 11.6 Å². The lowest BCUT2D eigenvalue weighted by atomic mass is 9.88. The molecule has 4 rings (SSSR count). The van der Waals surface area contributed by atoms with Gasteiger partial charge in [-0.2, -0.15) is 0 Å². The van der Waals surface area contributed by atoms with Crippen LogP contribution in [0.3, 0.4) is 0 Å². The average molecular weight is 394 g/mol. The van der Waals surface area contributed by atoms with E-state index in [2.05, 4.69) is 29.9 Å². The van der Waals surface area contributed by atoms with E-state index in [1.807, 2.05) is 47.8 Å². The zero-order valence-electron chi connectivity index (χ0n) is 17.4. The molecule has 0 saturated carbocycles.